The number of carbonyl (C=O) groups excluding carboxylic acids is 1. The van der Waals surface area contributed by atoms with Gasteiger partial charge in [0.25, 0.3) is 5.91 Å². The molecule has 1 atom stereocenters. The number of likely N-dealkylation sites (tertiary alicyclic amines) is 1. The lowest BCUT2D eigenvalue weighted by Gasteiger charge is -2.16. The number of amides is 1. The smallest absolute Gasteiger partial charge is 0.255 e. The highest BCUT2D eigenvalue weighted by molar-refractivity contribution is 5.98. The van der Waals surface area contributed by atoms with Crippen LogP contribution in [0.15, 0.2) is 24.3 Å². The molecule has 1 saturated heterocycles. The summed E-state index contributed by atoms with van der Waals surface area (Å²) in [5, 5.41) is 9.18. The molecule has 0 unspecified atom stereocenters. The van der Waals surface area contributed by atoms with Crippen LogP contribution in [0, 0.1) is 12.8 Å². The second-order valence-electron chi connectivity index (χ2n) is 7.46. The molecule has 3 rings (SSSR count). The van der Waals surface area contributed by atoms with Gasteiger partial charge >= 0.3 is 0 Å². The molecule has 3 N–H and O–H groups in total. The molecule has 1 aliphatic rings. The summed E-state index contributed by atoms with van der Waals surface area (Å²) in [6.07, 6.45) is 1.23. The largest absolute Gasteiger partial charge is 0.496 e. The molecule has 1 aromatic carbocycles. The Morgan fingerprint density at radius 2 is 2.14 bits per heavy atom. The molecule has 0 saturated carbocycles. The molecule has 0 spiro atoms. The van der Waals surface area contributed by atoms with E-state index in [1.54, 1.807) is 19.2 Å². The molecular weight excluding hydrogens is 368 g/mol. The maximum Gasteiger partial charge on any atom is 0.255 e. The van der Waals surface area contributed by atoms with Crippen molar-refractivity contribution in [2.75, 3.05) is 51.0 Å². The number of nitrogens with zero attached hydrogens (tertiary/aromatic N) is 3. The number of hydrogen-bond donors (Lipinski definition) is 3. The van der Waals surface area contributed by atoms with Gasteiger partial charge in [-0.05, 0) is 44.0 Å². The van der Waals surface area contributed by atoms with Crippen molar-refractivity contribution in [3.05, 3.63) is 35.5 Å². The van der Waals surface area contributed by atoms with Gasteiger partial charge in [0.2, 0.25) is 5.95 Å². The maximum absolute atomic E-state index is 12.7. The predicted molar refractivity (Wildman–Crippen MR) is 115 cm³/mol. The fraction of sp³-hybridized carbons (Fsp3) is 0.476. The van der Waals surface area contributed by atoms with Gasteiger partial charge in [0, 0.05) is 44.1 Å². The Balaban J connectivity index is 1.68. The molecule has 1 fully saturated rings. The number of rotatable bonds is 8. The van der Waals surface area contributed by atoms with E-state index in [0.29, 0.717) is 23.8 Å². The minimum Gasteiger partial charge on any atom is -0.496 e. The van der Waals surface area contributed by atoms with Crippen molar-refractivity contribution in [1.82, 2.24) is 20.2 Å². The maximum atomic E-state index is 12.7. The second-order valence-corrected chi connectivity index (χ2v) is 7.46. The van der Waals surface area contributed by atoms with Crippen molar-refractivity contribution >= 4 is 23.4 Å². The van der Waals surface area contributed by atoms with E-state index in [4.69, 9.17) is 4.74 Å². The van der Waals surface area contributed by atoms with Crippen LogP contribution in [-0.4, -0.2) is 61.1 Å². The Morgan fingerprint density at radius 3 is 2.83 bits per heavy atom. The average molecular weight is 399 g/mol. The van der Waals surface area contributed by atoms with Crippen LogP contribution in [0.5, 0.6) is 5.75 Å². The highest BCUT2D eigenvalue weighted by Gasteiger charge is 2.19. The van der Waals surface area contributed by atoms with Crippen LogP contribution in [-0.2, 0) is 0 Å². The second kappa shape index (κ2) is 9.56. The molecule has 1 aromatic heterocycles. The highest BCUT2D eigenvalue weighted by atomic mass is 16.5. The first-order valence-electron chi connectivity index (χ1n) is 9.97. The standard InChI is InChI=1S/C21H30N6O2/c1-14-7-9-27(13-14)10-8-23-20(28)17-12-16(5-6-18(17)29-4)25-21-24-15(2)11-19(22-3)26-21/h5-6,11-12,14H,7-10,13H2,1-4H3,(H,23,28)(H2,22,24,25,26)/t14-/m1/s1. The average Bonchev–Trinajstić information content (AvgIpc) is 3.12. The number of methoxy groups -OCH3 is 1. The van der Waals surface area contributed by atoms with E-state index in [-0.39, 0.29) is 5.91 Å². The summed E-state index contributed by atoms with van der Waals surface area (Å²) in [5.41, 5.74) is 2.04. The van der Waals surface area contributed by atoms with Crippen LogP contribution in [0.2, 0.25) is 0 Å². The molecular formula is C21H30N6O2. The van der Waals surface area contributed by atoms with Crippen LogP contribution >= 0.6 is 0 Å². The third-order valence-electron chi connectivity index (χ3n) is 5.03. The van der Waals surface area contributed by atoms with Gasteiger partial charge in [-0.25, -0.2) is 4.98 Å². The molecule has 8 heteroatoms. The summed E-state index contributed by atoms with van der Waals surface area (Å²) in [4.78, 5) is 23.9. The van der Waals surface area contributed by atoms with Crippen molar-refractivity contribution in [3.8, 4) is 5.75 Å². The molecule has 0 bridgehead atoms. The van der Waals surface area contributed by atoms with Crippen molar-refractivity contribution in [2.45, 2.75) is 20.3 Å². The minimum absolute atomic E-state index is 0.154. The van der Waals surface area contributed by atoms with Crippen LogP contribution in [0.4, 0.5) is 17.5 Å². The fourth-order valence-electron chi connectivity index (χ4n) is 3.50. The van der Waals surface area contributed by atoms with Crippen molar-refractivity contribution in [3.63, 3.8) is 0 Å². The van der Waals surface area contributed by atoms with Gasteiger partial charge in [-0.2, -0.15) is 4.98 Å². The minimum atomic E-state index is -0.154. The van der Waals surface area contributed by atoms with E-state index in [1.165, 1.54) is 6.42 Å². The summed E-state index contributed by atoms with van der Waals surface area (Å²) < 4.78 is 5.38. The summed E-state index contributed by atoms with van der Waals surface area (Å²) >= 11 is 0. The van der Waals surface area contributed by atoms with Crippen molar-refractivity contribution < 1.29 is 9.53 Å². The van der Waals surface area contributed by atoms with Crippen LogP contribution in [0.1, 0.15) is 29.4 Å². The van der Waals surface area contributed by atoms with Gasteiger partial charge in [0.1, 0.15) is 11.6 Å². The first-order valence-corrected chi connectivity index (χ1v) is 9.97. The Bertz CT molecular complexity index is 857. The topological polar surface area (TPSA) is 91.4 Å². The zero-order valence-electron chi connectivity index (χ0n) is 17.6. The zero-order valence-corrected chi connectivity index (χ0v) is 17.6. The Hall–Kier alpha value is -2.87. The molecule has 2 aromatic rings. The zero-order chi connectivity index (χ0) is 20.8. The van der Waals surface area contributed by atoms with E-state index in [9.17, 15) is 4.79 Å². The molecule has 2 heterocycles. The number of ether oxygens (including phenoxy) is 1. The summed E-state index contributed by atoms with van der Waals surface area (Å²) in [6, 6.07) is 7.23. The van der Waals surface area contributed by atoms with Crippen LogP contribution in [0.3, 0.4) is 0 Å². The van der Waals surface area contributed by atoms with Crippen molar-refractivity contribution in [2.24, 2.45) is 5.92 Å². The molecule has 8 nitrogen and oxygen atoms in total. The van der Waals surface area contributed by atoms with E-state index in [2.05, 4.69) is 37.7 Å². The Morgan fingerprint density at radius 1 is 1.31 bits per heavy atom. The molecule has 156 valence electrons. The van der Waals surface area contributed by atoms with Gasteiger partial charge in [0.05, 0.1) is 12.7 Å². The van der Waals surface area contributed by atoms with Gasteiger partial charge < -0.3 is 25.6 Å². The highest BCUT2D eigenvalue weighted by Crippen LogP contribution is 2.24. The van der Waals surface area contributed by atoms with Crippen molar-refractivity contribution in [1.29, 1.82) is 0 Å². The molecule has 0 radical (unpaired) electrons. The number of benzene rings is 1. The summed E-state index contributed by atoms with van der Waals surface area (Å²) in [7, 11) is 3.37. The van der Waals surface area contributed by atoms with Crippen LogP contribution < -0.4 is 20.7 Å². The SMILES string of the molecule is CNc1cc(C)nc(Nc2ccc(OC)c(C(=O)NCCN3CC[C@@H](C)C3)c2)n1. The monoisotopic (exact) mass is 398 g/mol. The first kappa shape index (κ1) is 20.9. The van der Waals surface area contributed by atoms with Gasteiger partial charge in [-0.1, -0.05) is 6.92 Å². The number of aryl methyl sites for hydroxylation is 1. The molecule has 29 heavy (non-hydrogen) atoms. The lowest BCUT2D eigenvalue weighted by atomic mass is 10.1. The van der Waals surface area contributed by atoms with E-state index < -0.39 is 0 Å². The lowest BCUT2D eigenvalue weighted by molar-refractivity contribution is 0.0946. The number of anilines is 3. The number of hydrogen-bond acceptors (Lipinski definition) is 7. The molecule has 0 aliphatic carbocycles. The van der Waals surface area contributed by atoms with Gasteiger partial charge in [-0.15, -0.1) is 0 Å². The molecule has 1 aliphatic heterocycles. The summed E-state index contributed by atoms with van der Waals surface area (Å²) in [5.74, 6) is 2.31. The first-order chi connectivity index (χ1) is 14.0. The fourth-order valence-corrected chi connectivity index (χ4v) is 3.50. The third-order valence-corrected chi connectivity index (χ3v) is 5.03. The van der Waals surface area contributed by atoms with Crippen LogP contribution in [0.25, 0.3) is 0 Å². The van der Waals surface area contributed by atoms with Gasteiger partial charge in [0.15, 0.2) is 0 Å². The quantitative estimate of drug-likeness (QED) is 0.630. The number of aromatic nitrogens is 2. The third kappa shape index (κ3) is 5.57. The number of carbonyl (C=O) groups is 1. The Kier molecular flexibility index (Phi) is 6.87. The number of nitrogens with one attached hydrogen (secondary N) is 3. The summed E-state index contributed by atoms with van der Waals surface area (Å²) in [6.45, 7) is 7.84. The van der Waals surface area contributed by atoms with E-state index in [1.807, 2.05) is 26.1 Å². The Labute approximate surface area is 172 Å². The predicted octanol–water partition coefficient (Wildman–Crippen LogP) is 2.65. The van der Waals surface area contributed by atoms with E-state index >= 15 is 0 Å². The lowest BCUT2D eigenvalue weighted by Crippen LogP contribution is -2.34. The normalized spacial score (nSPS) is 16.5. The van der Waals surface area contributed by atoms with Gasteiger partial charge in [-0.3, -0.25) is 4.79 Å². The van der Waals surface area contributed by atoms with E-state index in [0.717, 1.165) is 42.8 Å². The molecule has 1 amide bonds.